The quantitative estimate of drug-likeness (QED) is 0.350. The van der Waals surface area contributed by atoms with Crippen LogP contribution in [0.25, 0.3) is 11.5 Å². The second-order valence-corrected chi connectivity index (χ2v) is 7.10. The Morgan fingerprint density at radius 2 is 1.97 bits per heavy atom. The van der Waals surface area contributed by atoms with Crippen LogP contribution in [0.1, 0.15) is 11.1 Å². The van der Waals surface area contributed by atoms with Crippen molar-refractivity contribution in [2.75, 3.05) is 18.2 Å². The van der Waals surface area contributed by atoms with Gasteiger partial charge in [0.15, 0.2) is 0 Å². The number of thioether (sulfide) groups is 1. The smallest absolute Gasteiger partial charge is 0.293 e. The van der Waals surface area contributed by atoms with E-state index in [1.54, 1.807) is 51.3 Å². The van der Waals surface area contributed by atoms with Crippen molar-refractivity contribution in [3.05, 3.63) is 57.6 Å². The van der Waals surface area contributed by atoms with Crippen molar-refractivity contribution in [2.24, 2.45) is 0 Å². The molecule has 3 rings (SSSR count). The number of hydrogen-bond donors (Lipinski definition) is 1. The third-order valence-electron chi connectivity index (χ3n) is 3.99. The van der Waals surface area contributed by atoms with Gasteiger partial charge in [-0.3, -0.25) is 14.9 Å². The van der Waals surface area contributed by atoms with Gasteiger partial charge in [0.25, 0.3) is 10.9 Å². The van der Waals surface area contributed by atoms with Crippen LogP contribution in [0.3, 0.4) is 0 Å². The number of benzene rings is 2. The predicted molar refractivity (Wildman–Crippen MR) is 108 cm³/mol. The van der Waals surface area contributed by atoms with Crippen molar-refractivity contribution in [3.8, 4) is 17.2 Å². The highest BCUT2D eigenvalue weighted by Gasteiger charge is 2.19. The Morgan fingerprint density at radius 3 is 2.62 bits per heavy atom. The van der Waals surface area contributed by atoms with Gasteiger partial charge in [-0.2, -0.15) is 0 Å². The zero-order chi connectivity index (χ0) is 21.0. The largest absolute Gasteiger partial charge is 0.497 e. The Kier molecular flexibility index (Phi) is 6.13. The maximum Gasteiger partial charge on any atom is 0.293 e. The molecule has 0 fully saturated rings. The van der Waals surface area contributed by atoms with Gasteiger partial charge in [0, 0.05) is 11.6 Å². The van der Waals surface area contributed by atoms with E-state index in [-0.39, 0.29) is 22.4 Å². The number of carbonyl (C=O) groups is 1. The van der Waals surface area contributed by atoms with Crippen molar-refractivity contribution in [3.63, 3.8) is 0 Å². The van der Waals surface area contributed by atoms with Crippen LogP contribution in [-0.4, -0.2) is 33.9 Å². The third kappa shape index (κ3) is 4.91. The van der Waals surface area contributed by atoms with E-state index in [0.29, 0.717) is 17.2 Å². The first-order chi connectivity index (χ1) is 13.9. The van der Waals surface area contributed by atoms with Gasteiger partial charge in [-0.1, -0.05) is 17.8 Å². The number of aromatic nitrogens is 2. The fourth-order valence-corrected chi connectivity index (χ4v) is 3.24. The molecule has 1 amide bonds. The van der Waals surface area contributed by atoms with Crippen LogP contribution in [0.15, 0.2) is 46.0 Å². The van der Waals surface area contributed by atoms with E-state index in [2.05, 4.69) is 15.5 Å². The molecule has 0 aliphatic carbocycles. The van der Waals surface area contributed by atoms with Crippen LogP contribution in [0.5, 0.6) is 5.75 Å². The number of carbonyl (C=O) groups excluding carboxylic acids is 1. The molecule has 0 bridgehead atoms. The SMILES string of the molecule is COc1ccc(-c2nnc(SCC(=O)Nc3c(C)cc(C)cc3[N+](=O)[O-])o2)cc1. The molecule has 150 valence electrons. The molecule has 0 atom stereocenters. The standard InChI is InChI=1S/C19H18N4O5S/c1-11-8-12(2)17(15(9-11)23(25)26)20-16(24)10-29-19-22-21-18(28-19)13-4-6-14(27-3)7-5-13/h4-9H,10H2,1-3H3,(H,20,24). The number of rotatable bonds is 7. The van der Waals surface area contributed by atoms with Gasteiger partial charge in [0.1, 0.15) is 11.4 Å². The van der Waals surface area contributed by atoms with Crippen LogP contribution in [-0.2, 0) is 4.79 Å². The monoisotopic (exact) mass is 414 g/mol. The molecular weight excluding hydrogens is 396 g/mol. The van der Waals surface area contributed by atoms with E-state index < -0.39 is 10.8 Å². The van der Waals surface area contributed by atoms with E-state index in [1.807, 2.05) is 0 Å². The van der Waals surface area contributed by atoms with Gasteiger partial charge in [0.05, 0.1) is 17.8 Å². The lowest BCUT2D eigenvalue weighted by molar-refractivity contribution is -0.384. The van der Waals surface area contributed by atoms with Crippen molar-refractivity contribution >= 4 is 29.0 Å². The Bertz CT molecular complexity index is 1050. The van der Waals surface area contributed by atoms with Gasteiger partial charge < -0.3 is 14.5 Å². The number of nitro benzene ring substituents is 1. The van der Waals surface area contributed by atoms with E-state index in [0.717, 1.165) is 22.9 Å². The number of nitro groups is 1. The molecule has 1 heterocycles. The number of ether oxygens (including phenoxy) is 1. The molecule has 2 aromatic carbocycles. The highest BCUT2D eigenvalue weighted by molar-refractivity contribution is 7.99. The summed E-state index contributed by atoms with van der Waals surface area (Å²) in [5.74, 6) is 0.587. The minimum absolute atomic E-state index is 0.0330. The number of hydrogen-bond acceptors (Lipinski definition) is 8. The predicted octanol–water partition coefficient (Wildman–Crippen LogP) is 4.00. The first kappa shape index (κ1) is 20.3. The first-order valence-corrected chi connectivity index (χ1v) is 9.52. The second-order valence-electron chi connectivity index (χ2n) is 6.17. The van der Waals surface area contributed by atoms with Gasteiger partial charge in [-0.05, 0) is 49.2 Å². The number of methoxy groups -OCH3 is 1. The van der Waals surface area contributed by atoms with Crippen molar-refractivity contribution in [2.45, 2.75) is 19.1 Å². The molecule has 0 saturated heterocycles. The highest BCUT2D eigenvalue weighted by Crippen LogP contribution is 2.30. The average Bonchev–Trinajstić information content (AvgIpc) is 3.17. The topological polar surface area (TPSA) is 120 Å². The van der Waals surface area contributed by atoms with Crippen LogP contribution in [0.4, 0.5) is 11.4 Å². The lowest BCUT2D eigenvalue weighted by Crippen LogP contribution is -2.16. The molecular formula is C19H18N4O5S. The molecule has 0 aliphatic rings. The number of amides is 1. The molecule has 0 spiro atoms. The van der Waals surface area contributed by atoms with Gasteiger partial charge >= 0.3 is 0 Å². The van der Waals surface area contributed by atoms with Crippen molar-refractivity contribution in [1.82, 2.24) is 10.2 Å². The first-order valence-electron chi connectivity index (χ1n) is 8.53. The van der Waals surface area contributed by atoms with Crippen LogP contribution in [0, 0.1) is 24.0 Å². The molecule has 1 aromatic heterocycles. The fourth-order valence-electron chi connectivity index (χ4n) is 2.67. The molecule has 1 N–H and O–H groups in total. The molecule has 3 aromatic rings. The Morgan fingerprint density at radius 1 is 1.24 bits per heavy atom. The maximum atomic E-state index is 12.3. The third-order valence-corrected chi connectivity index (χ3v) is 4.81. The summed E-state index contributed by atoms with van der Waals surface area (Å²) >= 11 is 1.05. The summed E-state index contributed by atoms with van der Waals surface area (Å²) in [5.41, 5.74) is 2.14. The lowest BCUT2D eigenvalue weighted by atomic mass is 10.1. The number of nitrogens with zero attached hydrogens (tertiary/aromatic N) is 3. The van der Waals surface area contributed by atoms with Crippen LogP contribution >= 0.6 is 11.8 Å². The van der Waals surface area contributed by atoms with Gasteiger partial charge in [-0.25, -0.2) is 0 Å². The normalized spacial score (nSPS) is 10.6. The maximum absolute atomic E-state index is 12.3. The molecule has 9 nitrogen and oxygen atoms in total. The minimum atomic E-state index is -0.512. The summed E-state index contributed by atoms with van der Waals surface area (Å²) in [7, 11) is 1.58. The summed E-state index contributed by atoms with van der Waals surface area (Å²) in [6.07, 6.45) is 0. The van der Waals surface area contributed by atoms with E-state index in [4.69, 9.17) is 9.15 Å². The van der Waals surface area contributed by atoms with Crippen LogP contribution in [0.2, 0.25) is 0 Å². The van der Waals surface area contributed by atoms with Gasteiger partial charge in [-0.15, -0.1) is 10.2 Å². The zero-order valence-electron chi connectivity index (χ0n) is 16.0. The number of nitrogens with one attached hydrogen (secondary N) is 1. The molecule has 0 aliphatic heterocycles. The summed E-state index contributed by atoms with van der Waals surface area (Å²) in [5, 5.41) is 22.0. The Labute approximate surface area is 170 Å². The fraction of sp³-hybridized carbons (Fsp3) is 0.211. The Balaban J connectivity index is 1.65. The highest BCUT2D eigenvalue weighted by atomic mass is 32.2. The minimum Gasteiger partial charge on any atom is -0.497 e. The lowest BCUT2D eigenvalue weighted by Gasteiger charge is -2.09. The van der Waals surface area contributed by atoms with Crippen molar-refractivity contribution in [1.29, 1.82) is 0 Å². The molecule has 0 unspecified atom stereocenters. The molecule has 10 heteroatoms. The summed E-state index contributed by atoms with van der Waals surface area (Å²) < 4.78 is 10.7. The molecule has 0 saturated carbocycles. The summed E-state index contributed by atoms with van der Waals surface area (Å²) in [4.78, 5) is 23.0. The van der Waals surface area contributed by atoms with Crippen molar-refractivity contribution < 1.29 is 18.9 Å². The van der Waals surface area contributed by atoms with Gasteiger partial charge in [0.2, 0.25) is 11.8 Å². The van der Waals surface area contributed by atoms with Crippen LogP contribution < -0.4 is 10.1 Å². The van der Waals surface area contributed by atoms with E-state index in [1.165, 1.54) is 6.07 Å². The summed E-state index contributed by atoms with van der Waals surface area (Å²) in [6.45, 7) is 3.47. The number of aryl methyl sites for hydroxylation is 2. The average molecular weight is 414 g/mol. The second kappa shape index (κ2) is 8.74. The molecule has 0 radical (unpaired) electrons. The van der Waals surface area contributed by atoms with E-state index in [9.17, 15) is 14.9 Å². The molecule has 29 heavy (non-hydrogen) atoms. The Hall–Kier alpha value is -3.40. The zero-order valence-corrected chi connectivity index (χ0v) is 16.8. The number of anilines is 1. The van der Waals surface area contributed by atoms with E-state index >= 15 is 0 Å². The summed E-state index contributed by atoms with van der Waals surface area (Å²) in [6, 6.07) is 10.3.